The number of nitrogens with one attached hydrogen (secondary N) is 1. The average molecular weight is 425 g/mol. The van der Waals surface area contributed by atoms with E-state index in [1.54, 1.807) is 23.1 Å². The quantitative estimate of drug-likeness (QED) is 0.585. The van der Waals surface area contributed by atoms with Crippen LogP contribution in [-0.2, 0) is 0 Å². The minimum Gasteiger partial charge on any atom is -0.345 e. The predicted octanol–water partition coefficient (Wildman–Crippen LogP) is 5.19. The van der Waals surface area contributed by atoms with Gasteiger partial charge in [-0.05, 0) is 37.4 Å². The molecule has 2 heterocycles. The fraction of sp³-hybridized carbons (Fsp3) is 0.273. The Hall–Kier alpha value is -2.51. The molecule has 29 heavy (non-hydrogen) atoms. The van der Waals surface area contributed by atoms with Crippen LogP contribution < -0.4 is 10.2 Å². The molecule has 0 atom stereocenters. The Labute approximate surface area is 179 Å². The van der Waals surface area contributed by atoms with Crippen LogP contribution in [0.5, 0.6) is 0 Å². The van der Waals surface area contributed by atoms with Crippen molar-refractivity contribution < 1.29 is 4.79 Å². The van der Waals surface area contributed by atoms with Gasteiger partial charge < -0.3 is 15.1 Å². The Bertz CT molecular complexity index is 961. The summed E-state index contributed by atoms with van der Waals surface area (Å²) in [6, 6.07) is 16.3. The van der Waals surface area contributed by atoms with Gasteiger partial charge in [-0.3, -0.25) is 0 Å². The van der Waals surface area contributed by atoms with E-state index >= 15 is 0 Å². The van der Waals surface area contributed by atoms with Crippen LogP contribution in [0, 0.1) is 6.92 Å². The molecule has 3 aromatic rings. The Morgan fingerprint density at radius 3 is 2.38 bits per heavy atom. The van der Waals surface area contributed by atoms with Gasteiger partial charge in [0, 0.05) is 47.7 Å². The molecular formula is C22H24N4OS2. The lowest BCUT2D eigenvalue weighted by Crippen LogP contribution is -2.50. The largest absolute Gasteiger partial charge is 0.345 e. The third kappa shape index (κ3) is 4.74. The summed E-state index contributed by atoms with van der Waals surface area (Å²) < 4.78 is 0. The first-order valence-corrected chi connectivity index (χ1v) is 11.7. The van der Waals surface area contributed by atoms with Crippen molar-refractivity contribution >= 4 is 39.9 Å². The number of thiazole rings is 1. The summed E-state index contributed by atoms with van der Waals surface area (Å²) in [5.74, 6) is 0. The summed E-state index contributed by atoms with van der Waals surface area (Å²) in [7, 11) is 0. The van der Waals surface area contributed by atoms with E-state index in [2.05, 4.69) is 46.8 Å². The van der Waals surface area contributed by atoms with Crippen LogP contribution in [-0.4, -0.2) is 48.3 Å². The van der Waals surface area contributed by atoms with Gasteiger partial charge in [0.2, 0.25) is 0 Å². The monoisotopic (exact) mass is 424 g/mol. The zero-order chi connectivity index (χ0) is 20.2. The van der Waals surface area contributed by atoms with E-state index in [1.165, 1.54) is 10.5 Å². The molecule has 0 unspecified atom stereocenters. The number of amides is 2. The lowest BCUT2D eigenvalue weighted by Gasteiger charge is -2.34. The van der Waals surface area contributed by atoms with Crippen molar-refractivity contribution in [3.05, 3.63) is 59.5 Å². The number of rotatable bonds is 4. The number of hydrogen-bond donors (Lipinski definition) is 1. The van der Waals surface area contributed by atoms with Crippen LogP contribution >= 0.6 is 23.1 Å². The van der Waals surface area contributed by atoms with Crippen LogP contribution in [0.4, 0.5) is 15.6 Å². The van der Waals surface area contributed by atoms with Crippen LogP contribution in [0.3, 0.4) is 0 Å². The Morgan fingerprint density at radius 2 is 1.72 bits per heavy atom. The van der Waals surface area contributed by atoms with Gasteiger partial charge in [0.05, 0.1) is 5.69 Å². The fourth-order valence-corrected chi connectivity index (χ4v) is 4.54. The van der Waals surface area contributed by atoms with Crippen molar-refractivity contribution in [2.75, 3.05) is 42.7 Å². The second kappa shape index (κ2) is 8.88. The minimum absolute atomic E-state index is 0.0407. The highest BCUT2D eigenvalue weighted by Gasteiger charge is 2.23. The molecule has 1 fully saturated rings. The molecule has 2 aromatic carbocycles. The zero-order valence-corrected chi connectivity index (χ0v) is 18.2. The lowest BCUT2D eigenvalue weighted by molar-refractivity contribution is 0.208. The van der Waals surface area contributed by atoms with E-state index in [-0.39, 0.29) is 6.03 Å². The summed E-state index contributed by atoms with van der Waals surface area (Å²) in [6.45, 7) is 5.05. The Kier molecular flexibility index (Phi) is 6.06. The first-order chi connectivity index (χ1) is 14.1. The summed E-state index contributed by atoms with van der Waals surface area (Å²) in [5, 5.41) is 6.12. The third-order valence-electron chi connectivity index (χ3n) is 5.02. The first-order valence-electron chi connectivity index (χ1n) is 9.60. The number of hydrogen-bond acceptors (Lipinski definition) is 5. The smallest absolute Gasteiger partial charge is 0.321 e. The summed E-state index contributed by atoms with van der Waals surface area (Å²) in [5.41, 5.74) is 4.24. The molecule has 2 amide bonds. The third-order valence-corrected chi connectivity index (χ3v) is 6.66. The number of carbonyl (C=O) groups excluding carboxylic acids is 1. The molecule has 1 aliphatic heterocycles. The van der Waals surface area contributed by atoms with Crippen molar-refractivity contribution in [1.82, 2.24) is 9.88 Å². The van der Waals surface area contributed by atoms with Crippen molar-refractivity contribution in [3.8, 4) is 11.3 Å². The SMILES string of the molecule is CSc1ccc(NC(=O)N2CCN(c3nc(-c4ccc(C)cc4)cs3)CC2)cc1. The number of aryl methyl sites for hydroxylation is 1. The molecule has 7 heteroatoms. The molecule has 1 aromatic heterocycles. The topological polar surface area (TPSA) is 48.5 Å². The normalized spacial score (nSPS) is 14.1. The Morgan fingerprint density at radius 1 is 1.03 bits per heavy atom. The van der Waals surface area contributed by atoms with E-state index < -0.39 is 0 Å². The minimum atomic E-state index is -0.0407. The van der Waals surface area contributed by atoms with E-state index in [1.807, 2.05) is 35.4 Å². The molecule has 0 bridgehead atoms. The number of urea groups is 1. The van der Waals surface area contributed by atoms with Gasteiger partial charge in [0.25, 0.3) is 0 Å². The number of thioether (sulfide) groups is 1. The second-order valence-electron chi connectivity index (χ2n) is 7.01. The zero-order valence-electron chi connectivity index (χ0n) is 16.6. The molecule has 1 aliphatic rings. The summed E-state index contributed by atoms with van der Waals surface area (Å²) >= 11 is 3.35. The number of benzene rings is 2. The van der Waals surface area contributed by atoms with Gasteiger partial charge in [-0.15, -0.1) is 23.1 Å². The van der Waals surface area contributed by atoms with Crippen molar-refractivity contribution in [2.45, 2.75) is 11.8 Å². The molecule has 0 spiro atoms. The van der Waals surface area contributed by atoms with Crippen LogP contribution in [0.2, 0.25) is 0 Å². The maximum absolute atomic E-state index is 12.6. The number of anilines is 2. The van der Waals surface area contributed by atoms with Crippen molar-refractivity contribution in [1.29, 1.82) is 0 Å². The first kappa shape index (κ1) is 19.8. The molecule has 1 saturated heterocycles. The van der Waals surface area contributed by atoms with Crippen LogP contribution in [0.15, 0.2) is 58.8 Å². The average Bonchev–Trinajstić information content (AvgIpc) is 3.25. The van der Waals surface area contributed by atoms with Gasteiger partial charge in [0.15, 0.2) is 5.13 Å². The number of carbonyl (C=O) groups is 1. The standard InChI is InChI=1S/C22H24N4OS2/c1-16-3-5-17(6-4-16)20-15-29-22(24-20)26-13-11-25(12-14-26)21(27)23-18-7-9-19(28-2)10-8-18/h3-10,15H,11-14H2,1-2H3,(H,23,27). The van der Waals surface area contributed by atoms with E-state index in [0.29, 0.717) is 13.1 Å². The molecule has 0 saturated carbocycles. The molecule has 4 rings (SSSR count). The molecular weight excluding hydrogens is 400 g/mol. The molecule has 1 N–H and O–H groups in total. The van der Waals surface area contributed by atoms with Gasteiger partial charge >= 0.3 is 6.03 Å². The van der Waals surface area contributed by atoms with Crippen molar-refractivity contribution in [2.24, 2.45) is 0 Å². The second-order valence-corrected chi connectivity index (χ2v) is 8.73. The maximum atomic E-state index is 12.6. The maximum Gasteiger partial charge on any atom is 0.321 e. The summed E-state index contributed by atoms with van der Waals surface area (Å²) in [6.07, 6.45) is 2.04. The van der Waals surface area contributed by atoms with Gasteiger partial charge in [-0.25, -0.2) is 9.78 Å². The van der Waals surface area contributed by atoms with E-state index in [0.717, 1.165) is 35.2 Å². The highest BCUT2D eigenvalue weighted by molar-refractivity contribution is 7.98. The highest BCUT2D eigenvalue weighted by atomic mass is 32.2. The van der Waals surface area contributed by atoms with Gasteiger partial charge in [0.1, 0.15) is 0 Å². The molecule has 0 radical (unpaired) electrons. The van der Waals surface area contributed by atoms with E-state index in [9.17, 15) is 4.79 Å². The molecule has 150 valence electrons. The van der Waals surface area contributed by atoms with Gasteiger partial charge in [-0.1, -0.05) is 29.8 Å². The highest BCUT2D eigenvalue weighted by Crippen LogP contribution is 2.28. The van der Waals surface area contributed by atoms with Gasteiger partial charge in [-0.2, -0.15) is 0 Å². The number of aromatic nitrogens is 1. The number of nitrogens with zero attached hydrogens (tertiary/aromatic N) is 3. The van der Waals surface area contributed by atoms with Crippen molar-refractivity contribution in [3.63, 3.8) is 0 Å². The molecule has 0 aliphatic carbocycles. The summed E-state index contributed by atoms with van der Waals surface area (Å²) in [4.78, 5) is 22.7. The van der Waals surface area contributed by atoms with Crippen LogP contribution in [0.1, 0.15) is 5.56 Å². The number of piperazine rings is 1. The fourth-order valence-electron chi connectivity index (χ4n) is 3.24. The predicted molar refractivity (Wildman–Crippen MR) is 123 cm³/mol. The Balaban J connectivity index is 1.33. The van der Waals surface area contributed by atoms with Crippen LogP contribution in [0.25, 0.3) is 11.3 Å². The lowest BCUT2D eigenvalue weighted by atomic mass is 10.1. The molecule has 5 nitrogen and oxygen atoms in total. The van der Waals surface area contributed by atoms with E-state index in [4.69, 9.17) is 4.98 Å².